The van der Waals surface area contributed by atoms with Crippen LogP contribution in [0.5, 0.6) is 0 Å². The molecule has 0 rings (SSSR count). The number of amides is 1. The van der Waals surface area contributed by atoms with Gasteiger partial charge in [-0.1, -0.05) is 210 Å². The molecule has 3 atom stereocenters. The van der Waals surface area contributed by atoms with Crippen LogP contribution in [-0.2, 0) is 18.4 Å². The van der Waals surface area contributed by atoms with E-state index >= 15 is 0 Å². The quantitative estimate of drug-likeness (QED) is 0.0244. The van der Waals surface area contributed by atoms with Gasteiger partial charge < -0.3 is 19.8 Å². The average molecular weight is 866 g/mol. The smallest absolute Gasteiger partial charge is 0.387 e. The molecule has 9 heteroatoms. The Bertz CT molecular complexity index is 1120. The molecule has 0 aliphatic rings. The fraction of sp³-hybridized carbons (Fsp3) is 0.824. The van der Waals surface area contributed by atoms with Crippen molar-refractivity contribution in [3.8, 4) is 0 Å². The minimum Gasteiger partial charge on any atom is -0.387 e. The van der Waals surface area contributed by atoms with Gasteiger partial charge in [0.15, 0.2) is 0 Å². The number of hydrogen-bond acceptors (Lipinski definition) is 5. The minimum absolute atomic E-state index is 0.0582. The number of phosphoric ester groups is 1. The summed E-state index contributed by atoms with van der Waals surface area (Å²) in [5.74, 6) is -0.187. The third kappa shape index (κ3) is 44.5. The summed E-state index contributed by atoms with van der Waals surface area (Å²) in [5.41, 5.74) is 0. The van der Waals surface area contributed by atoms with Crippen LogP contribution in [0.15, 0.2) is 48.6 Å². The van der Waals surface area contributed by atoms with Crippen LogP contribution >= 0.6 is 7.82 Å². The van der Waals surface area contributed by atoms with Crippen molar-refractivity contribution < 1.29 is 32.9 Å². The molecule has 352 valence electrons. The summed E-state index contributed by atoms with van der Waals surface area (Å²) >= 11 is 0. The maximum atomic E-state index is 12.9. The molecule has 0 aromatic carbocycles. The highest BCUT2D eigenvalue weighted by molar-refractivity contribution is 7.47. The standard InChI is InChI=1S/C51H97N2O6P/c1-6-8-10-12-14-16-18-20-22-24-25-26-27-29-30-32-34-36-38-40-42-44-50(54)49(48-59-60(56,57)58-47-46-53(3,4)5)52-51(55)45-43-41-39-37-35-33-31-28-23-21-19-17-15-13-11-9-7-2/h9,11,15,17,21,23,42,44,49-50,54H,6-8,10,12-14,16,18-20,22,24-41,43,45-48H2,1-5H3,(H-,52,55,56,57)/p+1/b11-9-,17-15-,23-21-,44-42+. The molecule has 0 radical (unpaired) electrons. The van der Waals surface area contributed by atoms with Crippen molar-refractivity contribution in [3.63, 3.8) is 0 Å². The number of nitrogens with zero attached hydrogens (tertiary/aromatic N) is 1. The number of aliphatic hydroxyl groups is 1. The van der Waals surface area contributed by atoms with Gasteiger partial charge in [0, 0.05) is 6.42 Å². The highest BCUT2D eigenvalue weighted by Gasteiger charge is 2.27. The third-order valence-electron chi connectivity index (χ3n) is 11.1. The van der Waals surface area contributed by atoms with Crippen molar-refractivity contribution in [2.75, 3.05) is 40.9 Å². The molecule has 8 nitrogen and oxygen atoms in total. The van der Waals surface area contributed by atoms with Gasteiger partial charge in [-0.05, 0) is 51.4 Å². The van der Waals surface area contributed by atoms with Crippen LogP contribution < -0.4 is 5.32 Å². The van der Waals surface area contributed by atoms with Crippen LogP contribution in [0.1, 0.15) is 219 Å². The maximum Gasteiger partial charge on any atom is 0.472 e. The minimum atomic E-state index is -4.35. The molecule has 0 fully saturated rings. The number of carbonyl (C=O) groups is 1. The van der Waals surface area contributed by atoms with Crippen molar-refractivity contribution in [3.05, 3.63) is 48.6 Å². The number of nitrogens with one attached hydrogen (secondary N) is 1. The monoisotopic (exact) mass is 866 g/mol. The summed E-state index contributed by atoms with van der Waals surface area (Å²) in [6, 6.07) is -0.852. The molecule has 0 spiro atoms. The normalized spacial score (nSPS) is 14.6. The number of likely N-dealkylation sites (N-methyl/N-ethyl adjacent to an activating group) is 1. The van der Waals surface area contributed by atoms with E-state index < -0.39 is 20.0 Å². The molecule has 0 heterocycles. The van der Waals surface area contributed by atoms with Crippen molar-refractivity contribution in [1.29, 1.82) is 0 Å². The van der Waals surface area contributed by atoms with Gasteiger partial charge in [0.1, 0.15) is 13.2 Å². The van der Waals surface area contributed by atoms with E-state index in [0.717, 1.165) is 64.2 Å². The van der Waals surface area contributed by atoms with E-state index in [2.05, 4.69) is 55.6 Å². The number of aliphatic hydroxyl groups excluding tert-OH is 1. The van der Waals surface area contributed by atoms with Gasteiger partial charge in [-0.2, -0.15) is 0 Å². The SMILES string of the molecule is CC/C=C\C/C=C\C/C=C\CCCCCCCCCC(=O)NC(COP(=O)(O)OCC[N+](C)(C)C)C(O)/C=C/CCCCCCCCCCCCCCCCCCCCC. The Morgan fingerprint density at radius 3 is 1.47 bits per heavy atom. The Labute approximate surface area is 371 Å². The second-order valence-corrected chi connectivity index (χ2v) is 19.6. The molecular weight excluding hydrogens is 768 g/mol. The summed E-state index contributed by atoms with van der Waals surface area (Å²) in [5, 5.41) is 13.9. The van der Waals surface area contributed by atoms with Gasteiger partial charge in [-0.15, -0.1) is 0 Å². The summed E-state index contributed by atoms with van der Waals surface area (Å²) in [7, 11) is 1.56. The van der Waals surface area contributed by atoms with E-state index in [1.54, 1.807) is 6.08 Å². The highest BCUT2D eigenvalue weighted by Crippen LogP contribution is 2.43. The molecule has 0 aromatic rings. The van der Waals surface area contributed by atoms with E-state index in [0.29, 0.717) is 17.4 Å². The van der Waals surface area contributed by atoms with Crippen LogP contribution in [0, 0.1) is 0 Å². The van der Waals surface area contributed by atoms with Crippen molar-refractivity contribution in [1.82, 2.24) is 5.32 Å². The predicted molar refractivity (Wildman–Crippen MR) is 258 cm³/mol. The first-order valence-corrected chi connectivity index (χ1v) is 26.5. The molecule has 0 saturated heterocycles. The van der Waals surface area contributed by atoms with E-state index in [1.807, 2.05) is 27.2 Å². The van der Waals surface area contributed by atoms with E-state index in [9.17, 15) is 19.4 Å². The first-order valence-electron chi connectivity index (χ1n) is 25.0. The molecule has 3 N–H and O–H groups in total. The second kappa shape index (κ2) is 42.7. The lowest BCUT2D eigenvalue weighted by molar-refractivity contribution is -0.870. The van der Waals surface area contributed by atoms with Crippen LogP contribution in [0.3, 0.4) is 0 Å². The first-order chi connectivity index (χ1) is 29.0. The summed E-state index contributed by atoms with van der Waals surface area (Å²) in [4.78, 5) is 23.2. The van der Waals surface area contributed by atoms with E-state index in [4.69, 9.17) is 9.05 Å². The van der Waals surface area contributed by atoms with Crippen molar-refractivity contribution in [2.45, 2.75) is 231 Å². The topological polar surface area (TPSA) is 105 Å². The zero-order valence-corrected chi connectivity index (χ0v) is 40.8. The van der Waals surface area contributed by atoms with E-state index in [1.165, 1.54) is 135 Å². The molecule has 0 aliphatic heterocycles. The lowest BCUT2D eigenvalue weighted by Gasteiger charge is -2.25. The van der Waals surface area contributed by atoms with Gasteiger partial charge in [-0.25, -0.2) is 4.57 Å². The fourth-order valence-corrected chi connectivity index (χ4v) is 7.85. The van der Waals surface area contributed by atoms with Gasteiger partial charge in [0.05, 0.1) is 39.9 Å². The molecule has 1 amide bonds. The Morgan fingerprint density at radius 1 is 0.583 bits per heavy atom. The number of hydrogen-bond donors (Lipinski definition) is 3. The van der Waals surface area contributed by atoms with Gasteiger partial charge >= 0.3 is 7.82 Å². The lowest BCUT2D eigenvalue weighted by Crippen LogP contribution is -2.45. The fourth-order valence-electron chi connectivity index (χ4n) is 7.11. The van der Waals surface area contributed by atoms with Gasteiger partial charge in [0.25, 0.3) is 0 Å². The highest BCUT2D eigenvalue weighted by atomic mass is 31.2. The lowest BCUT2D eigenvalue weighted by atomic mass is 10.0. The number of allylic oxidation sites excluding steroid dienone is 7. The number of quaternary nitrogens is 1. The second-order valence-electron chi connectivity index (χ2n) is 18.2. The number of unbranched alkanes of at least 4 members (excludes halogenated alkanes) is 26. The summed E-state index contributed by atoms with van der Waals surface area (Å²) < 4.78 is 23.6. The van der Waals surface area contributed by atoms with Crippen molar-refractivity contribution in [2.24, 2.45) is 0 Å². The van der Waals surface area contributed by atoms with Crippen LogP contribution in [-0.4, -0.2) is 73.4 Å². The average Bonchev–Trinajstić information content (AvgIpc) is 3.20. The summed E-state index contributed by atoms with van der Waals surface area (Å²) in [6.07, 6.45) is 54.7. The Balaban J connectivity index is 4.34. The Morgan fingerprint density at radius 2 is 1.00 bits per heavy atom. The molecule has 3 unspecified atom stereocenters. The predicted octanol–water partition coefficient (Wildman–Crippen LogP) is 14.4. The largest absolute Gasteiger partial charge is 0.472 e. The molecule has 0 saturated carbocycles. The van der Waals surface area contributed by atoms with Crippen LogP contribution in [0.4, 0.5) is 0 Å². The van der Waals surface area contributed by atoms with Crippen LogP contribution in [0.2, 0.25) is 0 Å². The molecule has 60 heavy (non-hydrogen) atoms. The molecule has 0 aliphatic carbocycles. The van der Waals surface area contributed by atoms with Gasteiger partial charge in [0.2, 0.25) is 5.91 Å². The zero-order chi connectivity index (χ0) is 44.3. The summed E-state index contributed by atoms with van der Waals surface area (Å²) in [6.45, 7) is 4.71. The Hall–Kier alpha value is -1.54. The van der Waals surface area contributed by atoms with Crippen molar-refractivity contribution >= 4 is 13.7 Å². The number of rotatable bonds is 45. The van der Waals surface area contributed by atoms with Gasteiger partial charge in [-0.3, -0.25) is 13.8 Å². The Kier molecular flexibility index (Phi) is 41.6. The molecule has 0 bridgehead atoms. The molecule has 0 aromatic heterocycles. The number of phosphoric acid groups is 1. The zero-order valence-electron chi connectivity index (χ0n) is 39.9. The maximum absolute atomic E-state index is 12.9. The third-order valence-corrected chi connectivity index (χ3v) is 12.0. The molecular formula is C51H98N2O6P+. The first kappa shape index (κ1) is 58.5. The van der Waals surface area contributed by atoms with Crippen LogP contribution in [0.25, 0.3) is 0 Å². The number of carbonyl (C=O) groups excluding carboxylic acids is 1. The van der Waals surface area contributed by atoms with E-state index in [-0.39, 0.29) is 19.1 Å².